The smallest absolute Gasteiger partial charge is 0.141 e. The van der Waals surface area contributed by atoms with Crippen molar-refractivity contribution in [3.63, 3.8) is 0 Å². The summed E-state index contributed by atoms with van der Waals surface area (Å²) in [7, 11) is 1.65. The lowest BCUT2D eigenvalue weighted by Crippen LogP contribution is -2.27. The van der Waals surface area contributed by atoms with E-state index in [1.54, 1.807) is 7.11 Å². The lowest BCUT2D eigenvalue weighted by atomic mass is 10.1. The topological polar surface area (TPSA) is 50.5 Å². The Kier molecular flexibility index (Phi) is 8.87. The van der Waals surface area contributed by atoms with Gasteiger partial charge in [-0.25, -0.2) is 0 Å². The van der Waals surface area contributed by atoms with Gasteiger partial charge in [-0.2, -0.15) is 0 Å². The molecule has 120 valence electrons. The number of rotatable bonds is 11. The van der Waals surface area contributed by atoms with Crippen LogP contribution in [0, 0.1) is 0 Å². The number of benzene rings is 1. The molecule has 0 aliphatic rings. The number of ether oxygens (including phenoxy) is 1. The highest BCUT2D eigenvalue weighted by Gasteiger charge is 2.01. The van der Waals surface area contributed by atoms with Crippen LogP contribution in [0.25, 0.3) is 0 Å². The normalized spacial score (nSPS) is 11.0. The van der Waals surface area contributed by atoms with Crippen LogP contribution in [0.15, 0.2) is 18.2 Å². The summed E-state index contributed by atoms with van der Waals surface area (Å²) in [6.07, 6.45) is 3.41. The highest BCUT2D eigenvalue weighted by Crippen LogP contribution is 2.22. The average Bonchev–Trinajstić information content (AvgIpc) is 2.50. The van der Waals surface area contributed by atoms with Gasteiger partial charge in [0.15, 0.2) is 0 Å². The third kappa shape index (κ3) is 6.82. The summed E-state index contributed by atoms with van der Waals surface area (Å²) in [5, 5.41) is 3.51. The minimum atomic E-state index is 0.724. The number of nitrogens with zero attached hydrogens (tertiary/aromatic N) is 1. The van der Waals surface area contributed by atoms with Crippen molar-refractivity contribution in [3.8, 4) is 5.75 Å². The van der Waals surface area contributed by atoms with E-state index in [-0.39, 0.29) is 0 Å². The second-order valence-electron chi connectivity index (χ2n) is 5.31. The number of aryl methyl sites for hydroxylation is 1. The van der Waals surface area contributed by atoms with Crippen LogP contribution in [0.1, 0.15) is 32.3 Å². The first-order valence-corrected chi connectivity index (χ1v) is 8.06. The fraction of sp³-hybridized carbons (Fsp3) is 0.647. The predicted molar refractivity (Wildman–Crippen MR) is 91.0 cm³/mol. The molecule has 3 N–H and O–H groups in total. The molecule has 0 aliphatic carbocycles. The van der Waals surface area contributed by atoms with Crippen LogP contribution >= 0.6 is 0 Å². The molecule has 0 heterocycles. The molecule has 0 saturated carbocycles. The summed E-state index contributed by atoms with van der Waals surface area (Å²) in [6.45, 7) is 10.1. The standard InChI is InChI=1S/C17H31N3O/c1-4-20(5-2)13-7-12-19-11-6-8-15-9-10-17(21-3)16(18)14-15/h9-10,14,19H,4-8,11-13,18H2,1-3H3. The molecule has 1 aromatic rings. The lowest BCUT2D eigenvalue weighted by molar-refractivity contribution is 0.298. The Morgan fingerprint density at radius 3 is 2.48 bits per heavy atom. The summed E-state index contributed by atoms with van der Waals surface area (Å²) >= 11 is 0. The maximum Gasteiger partial charge on any atom is 0.141 e. The van der Waals surface area contributed by atoms with Crippen molar-refractivity contribution in [1.82, 2.24) is 10.2 Å². The van der Waals surface area contributed by atoms with Gasteiger partial charge in [0.05, 0.1) is 12.8 Å². The molecule has 4 heteroatoms. The van der Waals surface area contributed by atoms with Gasteiger partial charge in [0.2, 0.25) is 0 Å². The van der Waals surface area contributed by atoms with Crippen molar-refractivity contribution >= 4 is 5.69 Å². The van der Waals surface area contributed by atoms with E-state index in [2.05, 4.69) is 30.1 Å². The first kappa shape index (κ1) is 17.8. The molecule has 0 fully saturated rings. The van der Waals surface area contributed by atoms with Gasteiger partial charge in [-0.05, 0) is 69.7 Å². The van der Waals surface area contributed by atoms with E-state index in [0.717, 1.165) is 50.5 Å². The van der Waals surface area contributed by atoms with Gasteiger partial charge < -0.3 is 20.7 Å². The predicted octanol–water partition coefficient (Wildman–Crippen LogP) is 2.53. The van der Waals surface area contributed by atoms with E-state index in [9.17, 15) is 0 Å². The van der Waals surface area contributed by atoms with Crippen molar-refractivity contribution in [1.29, 1.82) is 0 Å². The number of hydrogen-bond acceptors (Lipinski definition) is 4. The van der Waals surface area contributed by atoms with Crippen LogP contribution in [0.3, 0.4) is 0 Å². The third-order valence-electron chi connectivity index (χ3n) is 3.84. The third-order valence-corrected chi connectivity index (χ3v) is 3.84. The zero-order valence-corrected chi connectivity index (χ0v) is 13.8. The molecule has 0 amide bonds. The molecule has 0 saturated heterocycles. The molecular formula is C17H31N3O. The van der Waals surface area contributed by atoms with Crippen molar-refractivity contribution < 1.29 is 4.74 Å². The van der Waals surface area contributed by atoms with Gasteiger partial charge in [-0.3, -0.25) is 0 Å². The molecule has 0 unspecified atom stereocenters. The minimum absolute atomic E-state index is 0.724. The molecule has 0 spiro atoms. The number of hydrogen-bond donors (Lipinski definition) is 2. The van der Waals surface area contributed by atoms with E-state index in [1.165, 1.54) is 18.5 Å². The van der Waals surface area contributed by atoms with Gasteiger partial charge in [0.25, 0.3) is 0 Å². The molecule has 0 bridgehead atoms. The first-order chi connectivity index (χ1) is 10.2. The number of nitrogens with one attached hydrogen (secondary N) is 1. The van der Waals surface area contributed by atoms with Gasteiger partial charge in [-0.15, -0.1) is 0 Å². The molecule has 4 nitrogen and oxygen atoms in total. The van der Waals surface area contributed by atoms with E-state index < -0.39 is 0 Å². The van der Waals surface area contributed by atoms with Crippen LogP contribution in [0.5, 0.6) is 5.75 Å². The monoisotopic (exact) mass is 293 g/mol. The van der Waals surface area contributed by atoms with Gasteiger partial charge in [0, 0.05) is 0 Å². The van der Waals surface area contributed by atoms with Gasteiger partial charge >= 0.3 is 0 Å². The Hall–Kier alpha value is -1.26. The van der Waals surface area contributed by atoms with Crippen LogP contribution in [-0.2, 0) is 6.42 Å². The van der Waals surface area contributed by atoms with Crippen molar-refractivity contribution in [3.05, 3.63) is 23.8 Å². The Morgan fingerprint density at radius 1 is 1.14 bits per heavy atom. The number of anilines is 1. The quantitative estimate of drug-likeness (QED) is 0.486. The lowest BCUT2D eigenvalue weighted by Gasteiger charge is -2.17. The largest absolute Gasteiger partial charge is 0.495 e. The Labute approximate surface area is 129 Å². The average molecular weight is 293 g/mol. The molecule has 0 atom stereocenters. The molecule has 1 rings (SSSR count). The van der Waals surface area contributed by atoms with Crippen LogP contribution in [-0.4, -0.2) is 44.7 Å². The Bertz CT molecular complexity index is 392. The zero-order chi connectivity index (χ0) is 15.5. The molecule has 0 aromatic heterocycles. The molecular weight excluding hydrogens is 262 g/mol. The molecule has 0 radical (unpaired) electrons. The first-order valence-electron chi connectivity index (χ1n) is 8.06. The Morgan fingerprint density at radius 2 is 1.86 bits per heavy atom. The van der Waals surface area contributed by atoms with Gasteiger partial charge in [-0.1, -0.05) is 19.9 Å². The van der Waals surface area contributed by atoms with Crippen LogP contribution in [0.4, 0.5) is 5.69 Å². The zero-order valence-electron chi connectivity index (χ0n) is 13.8. The summed E-state index contributed by atoms with van der Waals surface area (Å²) in [6, 6.07) is 6.05. The number of methoxy groups -OCH3 is 1. The molecule has 21 heavy (non-hydrogen) atoms. The molecule has 1 aromatic carbocycles. The highest BCUT2D eigenvalue weighted by atomic mass is 16.5. The molecule has 0 aliphatic heterocycles. The highest BCUT2D eigenvalue weighted by molar-refractivity contribution is 5.54. The number of nitrogen functional groups attached to an aromatic ring is 1. The van der Waals surface area contributed by atoms with Crippen LogP contribution < -0.4 is 15.8 Å². The van der Waals surface area contributed by atoms with E-state index in [1.807, 2.05) is 12.1 Å². The van der Waals surface area contributed by atoms with Crippen molar-refractivity contribution in [2.45, 2.75) is 33.1 Å². The fourth-order valence-corrected chi connectivity index (χ4v) is 2.45. The number of nitrogens with two attached hydrogens (primary N) is 1. The van der Waals surface area contributed by atoms with Crippen molar-refractivity contribution in [2.75, 3.05) is 45.6 Å². The van der Waals surface area contributed by atoms with E-state index in [0.29, 0.717) is 0 Å². The maximum atomic E-state index is 5.91. The summed E-state index contributed by atoms with van der Waals surface area (Å²) in [5.41, 5.74) is 7.91. The second-order valence-corrected chi connectivity index (χ2v) is 5.31. The maximum absolute atomic E-state index is 5.91. The Balaban J connectivity index is 2.10. The van der Waals surface area contributed by atoms with E-state index in [4.69, 9.17) is 10.5 Å². The summed E-state index contributed by atoms with van der Waals surface area (Å²) in [4.78, 5) is 2.46. The SMILES string of the molecule is CCN(CC)CCCNCCCc1ccc(OC)c(N)c1. The second kappa shape index (κ2) is 10.5. The van der Waals surface area contributed by atoms with E-state index >= 15 is 0 Å². The summed E-state index contributed by atoms with van der Waals surface area (Å²) in [5.74, 6) is 0.758. The van der Waals surface area contributed by atoms with Crippen molar-refractivity contribution in [2.24, 2.45) is 0 Å². The van der Waals surface area contributed by atoms with Crippen LogP contribution in [0.2, 0.25) is 0 Å². The minimum Gasteiger partial charge on any atom is -0.495 e. The summed E-state index contributed by atoms with van der Waals surface area (Å²) < 4.78 is 5.17. The van der Waals surface area contributed by atoms with Gasteiger partial charge in [0.1, 0.15) is 5.75 Å². The fourth-order valence-electron chi connectivity index (χ4n) is 2.45.